The molecule has 0 saturated carbocycles. The highest BCUT2D eigenvalue weighted by Crippen LogP contribution is 2.32. The molecule has 1 aromatic carbocycles. The van der Waals surface area contributed by atoms with Crippen molar-refractivity contribution in [3.8, 4) is 5.75 Å². The van der Waals surface area contributed by atoms with E-state index in [0.717, 1.165) is 42.6 Å². The van der Waals surface area contributed by atoms with E-state index < -0.39 is 0 Å². The van der Waals surface area contributed by atoms with Crippen molar-refractivity contribution < 1.29 is 9.53 Å². The molecule has 0 N–H and O–H groups in total. The van der Waals surface area contributed by atoms with Crippen molar-refractivity contribution in [3.05, 3.63) is 27.7 Å². The number of piperazine rings is 1. The Kier molecular flexibility index (Phi) is 5.05. The molecule has 5 heteroatoms. The lowest BCUT2D eigenvalue weighted by molar-refractivity contribution is 0.0660. The van der Waals surface area contributed by atoms with Gasteiger partial charge in [-0.25, -0.2) is 0 Å². The molecule has 1 aromatic rings. The zero-order valence-corrected chi connectivity index (χ0v) is 13.9. The molecule has 20 heavy (non-hydrogen) atoms. The number of aryl methyl sites for hydroxylation is 1. The maximum absolute atomic E-state index is 12.7. The van der Waals surface area contributed by atoms with Crippen LogP contribution in [0.15, 0.2) is 16.6 Å². The van der Waals surface area contributed by atoms with Crippen LogP contribution in [-0.4, -0.2) is 56.0 Å². The van der Waals surface area contributed by atoms with Crippen LogP contribution < -0.4 is 4.74 Å². The van der Waals surface area contributed by atoms with Gasteiger partial charge in [0.2, 0.25) is 0 Å². The molecule has 1 fully saturated rings. The molecule has 1 saturated heterocycles. The maximum atomic E-state index is 12.7. The number of methoxy groups -OCH3 is 1. The Labute approximate surface area is 128 Å². The lowest BCUT2D eigenvalue weighted by atomic mass is 10.1. The smallest absolute Gasteiger partial charge is 0.257 e. The van der Waals surface area contributed by atoms with Crippen LogP contribution in [0.1, 0.15) is 22.8 Å². The number of carbonyl (C=O) groups excluding carboxylic acids is 1. The van der Waals surface area contributed by atoms with E-state index in [9.17, 15) is 4.79 Å². The van der Waals surface area contributed by atoms with Crippen LogP contribution in [0.3, 0.4) is 0 Å². The molecule has 0 radical (unpaired) electrons. The molecule has 2 rings (SSSR count). The Hall–Kier alpha value is -1.07. The van der Waals surface area contributed by atoms with Gasteiger partial charge in [0.05, 0.1) is 17.1 Å². The van der Waals surface area contributed by atoms with Gasteiger partial charge in [-0.05, 0) is 47.1 Å². The number of amides is 1. The fraction of sp³-hybridized carbons (Fsp3) is 0.533. The minimum atomic E-state index is 0.0611. The summed E-state index contributed by atoms with van der Waals surface area (Å²) in [5.74, 6) is 0.692. The van der Waals surface area contributed by atoms with Crippen LogP contribution in [0.4, 0.5) is 0 Å². The van der Waals surface area contributed by atoms with Crippen molar-refractivity contribution in [3.63, 3.8) is 0 Å². The number of likely N-dealkylation sites (N-methyl/N-ethyl adjacent to an activating group) is 1. The molecule has 0 atom stereocenters. The Morgan fingerprint density at radius 2 is 1.95 bits per heavy atom. The monoisotopic (exact) mass is 340 g/mol. The van der Waals surface area contributed by atoms with Crippen molar-refractivity contribution >= 4 is 21.8 Å². The average molecular weight is 341 g/mol. The molecule has 0 unspecified atom stereocenters. The second-order valence-corrected chi connectivity index (χ2v) is 5.96. The third-order valence-corrected chi connectivity index (χ3v) is 4.33. The van der Waals surface area contributed by atoms with Crippen molar-refractivity contribution in [2.24, 2.45) is 0 Å². The van der Waals surface area contributed by atoms with E-state index >= 15 is 0 Å². The van der Waals surface area contributed by atoms with Gasteiger partial charge in [-0.15, -0.1) is 0 Å². The highest BCUT2D eigenvalue weighted by atomic mass is 79.9. The van der Waals surface area contributed by atoms with Crippen LogP contribution in [-0.2, 0) is 6.42 Å². The number of hydrogen-bond acceptors (Lipinski definition) is 3. The number of nitrogens with zero attached hydrogens (tertiary/aromatic N) is 2. The highest BCUT2D eigenvalue weighted by molar-refractivity contribution is 9.10. The van der Waals surface area contributed by atoms with Gasteiger partial charge >= 0.3 is 0 Å². The van der Waals surface area contributed by atoms with Crippen LogP contribution in [0.25, 0.3) is 0 Å². The average Bonchev–Trinajstić information content (AvgIpc) is 2.46. The predicted molar refractivity (Wildman–Crippen MR) is 83.5 cm³/mol. The zero-order valence-electron chi connectivity index (χ0n) is 12.3. The fourth-order valence-electron chi connectivity index (χ4n) is 2.40. The second-order valence-electron chi connectivity index (χ2n) is 5.11. The Bertz CT molecular complexity index is 497. The summed E-state index contributed by atoms with van der Waals surface area (Å²) in [5, 5.41) is 0. The quantitative estimate of drug-likeness (QED) is 0.847. The summed E-state index contributed by atoms with van der Waals surface area (Å²) < 4.78 is 6.25. The van der Waals surface area contributed by atoms with Crippen LogP contribution >= 0.6 is 15.9 Å². The standard InChI is InChI=1S/C15H21BrN2O2/c1-4-11-9-12(14(20-3)13(16)10-11)15(19)18-7-5-17(2)6-8-18/h9-10H,4-8H2,1-3H3. The molecular formula is C15H21BrN2O2. The van der Waals surface area contributed by atoms with Gasteiger partial charge in [-0.3, -0.25) is 4.79 Å². The molecule has 0 aromatic heterocycles. The summed E-state index contributed by atoms with van der Waals surface area (Å²) in [6, 6.07) is 3.96. The normalized spacial score (nSPS) is 16.3. The molecule has 4 nitrogen and oxygen atoms in total. The van der Waals surface area contributed by atoms with E-state index in [1.54, 1.807) is 7.11 Å². The van der Waals surface area contributed by atoms with E-state index in [1.807, 2.05) is 17.0 Å². The number of carbonyl (C=O) groups is 1. The lowest BCUT2D eigenvalue weighted by Crippen LogP contribution is -2.47. The van der Waals surface area contributed by atoms with Gasteiger partial charge in [0.1, 0.15) is 5.75 Å². The summed E-state index contributed by atoms with van der Waals surface area (Å²) in [4.78, 5) is 16.9. The first kappa shape index (κ1) is 15.3. The molecule has 1 aliphatic rings. The van der Waals surface area contributed by atoms with Crippen LogP contribution in [0.2, 0.25) is 0 Å². The second kappa shape index (κ2) is 6.59. The van der Waals surface area contributed by atoms with Gasteiger partial charge in [0.25, 0.3) is 5.91 Å². The van der Waals surface area contributed by atoms with E-state index in [0.29, 0.717) is 11.3 Å². The molecule has 1 amide bonds. The van der Waals surface area contributed by atoms with Crippen molar-refractivity contribution in [2.45, 2.75) is 13.3 Å². The molecule has 110 valence electrons. The summed E-state index contributed by atoms with van der Waals surface area (Å²) >= 11 is 3.50. The van der Waals surface area contributed by atoms with Crippen molar-refractivity contribution in [1.29, 1.82) is 0 Å². The van der Waals surface area contributed by atoms with E-state index in [4.69, 9.17) is 4.74 Å². The van der Waals surface area contributed by atoms with Crippen LogP contribution in [0, 0.1) is 0 Å². The SMILES string of the molecule is CCc1cc(Br)c(OC)c(C(=O)N2CCN(C)CC2)c1. The Morgan fingerprint density at radius 3 is 2.50 bits per heavy atom. The fourth-order valence-corrected chi connectivity index (χ4v) is 3.07. The summed E-state index contributed by atoms with van der Waals surface area (Å²) in [6.45, 7) is 5.46. The highest BCUT2D eigenvalue weighted by Gasteiger charge is 2.24. The third-order valence-electron chi connectivity index (χ3n) is 3.74. The zero-order chi connectivity index (χ0) is 14.7. The number of halogens is 1. The van der Waals surface area contributed by atoms with Gasteiger partial charge in [-0.2, -0.15) is 0 Å². The number of rotatable bonds is 3. The first-order valence-electron chi connectivity index (χ1n) is 6.91. The van der Waals surface area contributed by atoms with Gasteiger partial charge < -0.3 is 14.5 Å². The molecule has 0 spiro atoms. The summed E-state index contributed by atoms with van der Waals surface area (Å²) in [6.07, 6.45) is 0.894. The predicted octanol–water partition coefficient (Wildman–Crippen LogP) is 2.41. The van der Waals surface area contributed by atoms with Gasteiger partial charge in [0, 0.05) is 26.2 Å². The minimum absolute atomic E-state index is 0.0611. The van der Waals surface area contributed by atoms with E-state index in [-0.39, 0.29) is 5.91 Å². The molecule has 0 aliphatic carbocycles. The Balaban J connectivity index is 2.30. The van der Waals surface area contributed by atoms with Gasteiger partial charge in [0.15, 0.2) is 0 Å². The number of ether oxygens (including phenoxy) is 1. The minimum Gasteiger partial charge on any atom is -0.495 e. The molecule has 0 bridgehead atoms. The third kappa shape index (κ3) is 3.15. The molecular weight excluding hydrogens is 320 g/mol. The van der Waals surface area contributed by atoms with Crippen LogP contribution in [0.5, 0.6) is 5.75 Å². The summed E-state index contributed by atoms with van der Waals surface area (Å²) in [7, 11) is 3.68. The van der Waals surface area contributed by atoms with E-state index in [2.05, 4.69) is 34.8 Å². The van der Waals surface area contributed by atoms with E-state index in [1.165, 1.54) is 0 Å². The topological polar surface area (TPSA) is 32.8 Å². The first-order valence-corrected chi connectivity index (χ1v) is 7.70. The number of benzene rings is 1. The molecule has 1 heterocycles. The lowest BCUT2D eigenvalue weighted by Gasteiger charge is -2.32. The maximum Gasteiger partial charge on any atom is 0.257 e. The Morgan fingerprint density at radius 1 is 1.30 bits per heavy atom. The van der Waals surface area contributed by atoms with Crippen molar-refractivity contribution in [2.75, 3.05) is 40.3 Å². The first-order chi connectivity index (χ1) is 9.56. The van der Waals surface area contributed by atoms with Gasteiger partial charge in [-0.1, -0.05) is 6.92 Å². The number of hydrogen-bond donors (Lipinski definition) is 0. The molecule has 1 aliphatic heterocycles. The largest absolute Gasteiger partial charge is 0.495 e. The van der Waals surface area contributed by atoms with Crippen molar-refractivity contribution in [1.82, 2.24) is 9.80 Å². The summed E-state index contributed by atoms with van der Waals surface area (Å²) in [5.41, 5.74) is 1.79.